The van der Waals surface area contributed by atoms with Gasteiger partial charge in [0, 0.05) is 12.6 Å². The monoisotopic (exact) mass is 259 g/mol. The maximum atomic E-state index is 8.98. The molecule has 1 heterocycles. The van der Waals surface area contributed by atoms with E-state index in [2.05, 4.69) is 23.3 Å². The normalized spacial score (nSPS) is 16.3. The van der Waals surface area contributed by atoms with E-state index in [1.165, 1.54) is 18.4 Å². The van der Waals surface area contributed by atoms with Crippen LogP contribution in [-0.2, 0) is 6.54 Å². The standard InChI is InChI=1S/C15H21N3O/c1-18(14-5-7-17-8-6-14)11-12-3-4-13(10-16)15(9-12)19-2/h3-4,9,14,17H,5-8,11H2,1-2H3. The van der Waals surface area contributed by atoms with Gasteiger partial charge in [-0.25, -0.2) is 0 Å². The van der Waals surface area contributed by atoms with Gasteiger partial charge in [0.2, 0.25) is 0 Å². The Kier molecular flexibility index (Phi) is 4.78. The smallest absolute Gasteiger partial charge is 0.136 e. The predicted octanol–water partition coefficient (Wildman–Crippen LogP) is 1.75. The zero-order chi connectivity index (χ0) is 13.7. The molecule has 1 aromatic rings. The summed E-state index contributed by atoms with van der Waals surface area (Å²) in [6.45, 7) is 3.10. The lowest BCUT2D eigenvalue weighted by Gasteiger charge is -2.31. The molecule has 2 rings (SSSR count). The first-order valence-corrected chi connectivity index (χ1v) is 6.72. The molecule has 1 aliphatic heterocycles. The molecule has 0 unspecified atom stereocenters. The number of methoxy groups -OCH3 is 1. The third-order valence-electron chi connectivity index (χ3n) is 3.75. The molecule has 4 heteroatoms. The molecule has 0 aliphatic carbocycles. The van der Waals surface area contributed by atoms with Crippen LogP contribution in [0.15, 0.2) is 18.2 Å². The maximum Gasteiger partial charge on any atom is 0.136 e. The third-order valence-corrected chi connectivity index (χ3v) is 3.75. The van der Waals surface area contributed by atoms with Crippen molar-refractivity contribution in [2.75, 3.05) is 27.2 Å². The number of hydrogen-bond acceptors (Lipinski definition) is 4. The second-order valence-corrected chi connectivity index (χ2v) is 5.04. The topological polar surface area (TPSA) is 48.3 Å². The molecule has 0 radical (unpaired) electrons. The first-order valence-electron chi connectivity index (χ1n) is 6.72. The van der Waals surface area contributed by atoms with Gasteiger partial charge in [-0.15, -0.1) is 0 Å². The summed E-state index contributed by atoms with van der Waals surface area (Å²) in [5, 5.41) is 12.4. The van der Waals surface area contributed by atoms with Gasteiger partial charge in [0.15, 0.2) is 0 Å². The summed E-state index contributed by atoms with van der Waals surface area (Å²) in [5.41, 5.74) is 1.78. The molecule has 4 nitrogen and oxygen atoms in total. The van der Waals surface area contributed by atoms with E-state index >= 15 is 0 Å². The molecule has 0 amide bonds. The lowest BCUT2D eigenvalue weighted by atomic mass is 10.0. The molecule has 0 spiro atoms. The molecule has 1 aliphatic rings. The molecule has 0 aromatic heterocycles. The fraction of sp³-hybridized carbons (Fsp3) is 0.533. The Bertz CT molecular complexity index is 461. The molecule has 0 atom stereocenters. The lowest BCUT2D eigenvalue weighted by molar-refractivity contribution is 0.191. The quantitative estimate of drug-likeness (QED) is 0.895. The van der Waals surface area contributed by atoms with Crippen LogP contribution in [-0.4, -0.2) is 38.2 Å². The van der Waals surface area contributed by atoms with Gasteiger partial charge in [-0.1, -0.05) is 6.07 Å². The molecule has 0 bridgehead atoms. The fourth-order valence-corrected chi connectivity index (χ4v) is 2.59. The zero-order valence-corrected chi connectivity index (χ0v) is 11.6. The fourth-order valence-electron chi connectivity index (χ4n) is 2.59. The average molecular weight is 259 g/mol. The SMILES string of the molecule is COc1cc(CN(C)C2CCNCC2)ccc1C#N. The number of piperidine rings is 1. The molecule has 1 saturated heterocycles. The van der Waals surface area contributed by atoms with Crippen molar-refractivity contribution in [3.63, 3.8) is 0 Å². The maximum absolute atomic E-state index is 8.98. The van der Waals surface area contributed by atoms with Crippen LogP contribution in [0.3, 0.4) is 0 Å². The van der Waals surface area contributed by atoms with Crippen LogP contribution < -0.4 is 10.1 Å². The third kappa shape index (κ3) is 3.46. The number of rotatable bonds is 4. The van der Waals surface area contributed by atoms with Crippen LogP contribution >= 0.6 is 0 Å². The van der Waals surface area contributed by atoms with Gasteiger partial charge in [0.25, 0.3) is 0 Å². The summed E-state index contributed by atoms with van der Waals surface area (Å²) >= 11 is 0. The Balaban J connectivity index is 2.04. The van der Waals surface area contributed by atoms with E-state index in [4.69, 9.17) is 10.00 Å². The Labute approximate surface area is 115 Å². The highest BCUT2D eigenvalue weighted by atomic mass is 16.5. The van der Waals surface area contributed by atoms with Gasteiger partial charge >= 0.3 is 0 Å². The van der Waals surface area contributed by atoms with Gasteiger partial charge < -0.3 is 10.1 Å². The van der Waals surface area contributed by atoms with Crippen molar-refractivity contribution >= 4 is 0 Å². The lowest BCUT2D eigenvalue weighted by Crippen LogP contribution is -2.40. The average Bonchev–Trinajstić information content (AvgIpc) is 2.48. The molecule has 1 aromatic carbocycles. The second kappa shape index (κ2) is 6.55. The molecular weight excluding hydrogens is 238 g/mol. The van der Waals surface area contributed by atoms with E-state index in [0.717, 1.165) is 19.6 Å². The van der Waals surface area contributed by atoms with E-state index in [1.54, 1.807) is 7.11 Å². The molecule has 0 saturated carbocycles. The number of hydrogen-bond donors (Lipinski definition) is 1. The minimum Gasteiger partial charge on any atom is -0.495 e. The summed E-state index contributed by atoms with van der Waals surface area (Å²) in [5.74, 6) is 0.665. The van der Waals surface area contributed by atoms with E-state index < -0.39 is 0 Å². The van der Waals surface area contributed by atoms with Gasteiger partial charge in [0.05, 0.1) is 12.7 Å². The van der Waals surface area contributed by atoms with E-state index in [0.29, 0.717) is 17.4 Å². The summed E-state index contributed by atoms with van der Waals surface area (Å²) in [6, 6.07) is 8.60. The molecular formula is C15H21N3O. The van der Waals surface area contributed by atoms with E-state index in [9.17, 15) is 0 Å². The Morgan fingerprint density at radius 3 is 2.79 bits per heavy atom. The van der Waals surface area contributed by atoms with Crippen LogP contribution in [0.2, 0.25) is 0 Å². The summed E-state index contributed by atoms with van der Waals surface area (Å²) in [4.78, 5) is 2.39. The minimum absolute atomic E-state index is 0.593. The van der Waals surface area contributed by atoms with Gasteiger partial charge in [0.1, 0.15) is 11.8 Å². The Hall–Kier alpha value is -1.57. The van der Waals surface area contributed by atoms with Crippen molar-refractivity contribution in [3.05, 3.63) is 29.3 Å². The number of nitrogens with one attached hydrogen (secondary N) is 1. The number of nitrogens with zero attached hydrogens (tertiary/aromatic N) is 2. The number of benzene rings is 1. The number of ether oxygens (including phenoxy) is 1. The summed E-state index contributed by atoms with van der Waals surface area (Å²) in [7, 11) is 3.77. The highest BCUT2D eigenvalue weighted by Gasteiger charge is 2.18. The van der Waals surface area contributed by atoms with E-state index in [1.807, 2.05) is 18.2 Å². The highest BCUT2D eigenvalue weighted by molar-refractivity contribution is 5.45. The molecule has 1 N–H and O–H groups in total. The van der Waals surface area contributed by atoms with Crippen LogP contribution in [0.25, 0.3) is 0 Å². The zero-order valence-electron chi connectivity index (χ0n) is 11.6. The Morgan fingerprint density at radius 2 is 2.16 bits per heavy atom. The van der Waals surface area contributed by atoms with Crippen LogP contribution in [0.1, 0.15) is 24.0 Å². The molecule has 19 heavy (non-hydrogen) atoms. The largest absolute Gasteiger partial charge is 0.495 e. The Morgan fingerprint density at radius 1 is 1.42 bits per heavy atom. The predicted molar refractivity (Wildman–Crippen MR) is 75.1 cm³/mol. The van der Waals surface area contributed by atoms with Crippen LogP contribution in [0, 0.1) is 11.3 Å². The van der Waals surface area contributed by atoms with Crippen molar-refractivity contribution in [2.24, 2.45) is 0 Å². The second-order valence-electron chi connectivity index (χ2n) is 5.04. The first-order chi connectivity index (χ1) is 9.24. The first kappa shape index (κ1) is 13.9. The molecule has 102 valence electrons. The van der Waals surface area contributed by atoms with Gasteiger partial charge in [-0.3, -0.25) is 4.90 Å². The number of nitriles is 1. The van der Waals surface area contributed by atoms with Gasteiger partial charge in [-0.05, 0) is 50.7 Å². The van der Waals surface area contributed by atoms with Crippen molar-refractivity contribution in [2.45, 2.75) is 25.4 Å². The molecule has 1 fully saturated rings. The van der Waals surface area contributed by atoms with Crippen LogP contribution in [0.4, 0.5) is 0 Å². The van der Waals surface area contributed by atoms with Crippen LogP contribution in [0.5, 0.6) is 5.75 Å². The van der Waals surface area contributed by atoms with Crippen molar-refractivity contribution < 1.29 is 4.74 Å². The van der Waals surface area contributed by atoms with E-state index in [-0.39, 0.29) is 0 Å². The van der Waals surface area contributed by atoms with Crippen molar-refractivity contribution in [1.29, 1.82) is 5.26 Å². The summed E-state index contributed by atoms with van der Waals surface area (Å²) in [6.07, 6.45) is 2.40. The van der Waals surface area contributed by atoms with Crippen molar-refractivity contribution in [3.8, 4) is 11.8 Å². The van der Waals surface area contributed by atoms with Gasteiger partial charge in [-0.2, -0.15) is 5.26 Å². The minimum atomic E-state index is 0.593. The summed E-state index contributed by atoms with van der Waals surface area (Å²) < 4.78 is 5.25. The highest BCUT2D eigenvalue weighted by Crippen LogP contribution is 2.21. The van der Waals surface area contributed by atoms with Crippen molar-refractivity contribution in [1.82, 2.24) is 10.2 Å².